The van der Waals surface area contributed by atoms with Gasteiger partial charge >= 0.3 is 6.03 Å². The molecular weight excluding hydrogens is 532 g/mol. The molecule has 4 rings (SSSR count). The molecular formula is C27H22BrClN2O4. The number of nitrogens with one attached hydrogen (secondary N) is 1. The molecule has 4 amide bonds. The van der Waals surface area contributed by atoms with Crippen LogP contribution < -0.4 is 15.0 Å². The predicted molar refractivity (Wildman–Crippen MR) is 140 cm³/mol. The molecule has 35 heavy (non-hydrogen) atoms. The molecule has 0 saturated carbocycles. The van der Waals surface area contributed by atoms with Gasteiger partial charge in [-0.15, -0.1) is 0 Å². The number of methoxy groups -OCH3 is 1. The van der Waals surface area contributed by atoms with E-state index in [0.29, 0.717) is 34.9 Å². The molecule has 0 unspecified atom stereocenters. The van der Waals surface area contributed by atoms with E-state index >= 15 is 0 Å². The quantitative estimate of drug-likeness (QED) is 0.303. The van der Waals surface area contributed by atoms with Crippen LogP contribution in [0.2, 0.25) is 5.02 Å². The third-order valence-corrected chi connectivity index (χ3v) is 6.86. The molecule has 3 aromatic rings. The maximum absolute atomic E-state index is 13.3. The number of carbonyl (C=O) groups excluding carboxylic acids is 3. The second-order valence-corrected chi connectivity index (χ2v) is 9.15. The van der Waals surface area contributed by atoms with E-state index in [9.17, 15) is 14.4 Å². The summed E-state index contributed by atoms with van der Waals surface area (Å²) in [7, 11) is 1.53. The summed E-state index contributed by atoms with van der Waals surface area (Å²) in [5, 5.41) is 2.69. The number of rotatable bonds is 6. The van der Waals surface area contributed by atoms with Gasteiger partial charge in [0, 0.05) is 21.5 Å². The fraction of sp³-hybridized carbons (Fsp3) is 0.148. The van der Waals surface area contributed by atoms with Gasteiger partial charge in [0.25, 0.3) is 11.8 Å². The van der Waals surface area contributed by atoms with Crippen LogP contribution in [0.3, 0.4) is 0 Å². The maximum Gasteiger partial charge on any atom is 0.335 e. The van der Waals surface area contributed by atoms with E-state index in [2.05, 4.69) is 21.2 Å². The average Bonchev–Trinajstić information content (AvgIpc) is 2.84. The average molecular weight is 554 g/mol. The van der Waals surface area contributed by atoms with Gasteiger partial charge < -0.3 is 4.74 Å². The Morgan fingerprint density at radius 1 is 1.03 bits per heavy atom. The highest BCUT2D eigenvalue weighted by Gasteiger charge is 2.37. The Morgan fingerprint density at radius 3 is 2.40 bits per heavy atom. The van der Waals surface area contributed by atoms with Gasteiger partial charge in [0.05, 0.1) is 12.8 Å². The van der Waals surface area contributed by atoms with Crippen molar-refractivity contribution in [2.24, 2.45) is 0 Å². The first-order valence-corrected chi connectivity index (χ1v) is 12.1. The zero-order valence-electron chi connectivity index (χ0n) is 19.1. The Bertz CT molecular complexity index is 1370. The molecule has 1 N–H and O–H groups in total. The van der Waals surface area contributed by atoms with E-state index in [1.54, 1.807) is 24.3 Å². The number of barbiturate groups is 1. The first-order valence-electron chi connectivity index (χ1n) is 10.9. The number of aryl methyl sites for hydroxylation is 1. The number of imide groups is 2. The summed E-state index contributed by atoms with van der Waals surface area (Å²) in [6.45, 7) is 1.93. The molecule has 1 aliphatic rings. The second-order valence-electron chi connectivity index (χ2n) is 7.89. The molecule has 178 valence electrons. The van der Waals surface area contributed by atoms with Crippen molar-refractivity contribution in [3.63, 3.8) is 0 Å². The number of benzene rings is 3. The standard InChI is InChI=1S/C27H22BrClN2O4/c1-3-17-8-5-7-11-23(17)31-26(33)20(25(32)30-27(31)34)12-16-13-22(29)19(24(14-16)35-2)15-18-9-4-6-10-21(18)28/h4-14H,3,15H2,1-2H3,(H,30,32,34)/b20-12-. The Balaban J connectivity index is 1.73. The van der Waals surface area contributed by atoms with Crippen molar-refractivity contribution in [2.45, 2.75) is 19.8 Å². The Kier molecular flexibility index (Phi) is 7.38. The Labute approximate surface area is 216 Å². The number of para-hydroxylation sites is 1. The third kappa shape index (κ3) is 5.01. The Morgan fingerprint density at radius 2 is 1.71 bits per heavy atom. The smallest absolute Gasteiger partial charge is 0.335 e. The van der Waals surface area contributed by atoms with Gasteiger partial charge in [0.2, 0.25) is 0 Å². The normalized spacial score (nSPS) is 14.9. The fourth-order valence-electron chi connectivity index (χ4n) is 3.97. The summed E-state index contributed by atoms with van der Waals surface area (Å²) in [5.41, 5.74) is 3.38. The van der Waals surface area contributed by atoms with Gasteiger partial charge in [-0.3, -0.25) is 14.9 Å². The molecule has 0 aliphatic carbocycles. The number of nitrogens with zero attached hydrogens (tertiary/aromatic N) is 1. The van der Waals surface area contributed by atoms with Gasteiger partial charge in [-0.1, -0.05) is 70.9 Å². The number of anilines is 1. The number of urea groups is 1. The molecule has 8 heteroatoms. The van der Waals surface area contributed by atoms with Crippen molar-refractivity contribution < 1.29 is 19.1 Å². The van der Waals surface area contributed by atoms with Crippen LogP contribution in [0.5, 0.6) is 5.75 Å². The van der Waals surface area contributed by atoms with Gasteiger partial charge in [0.15, 0.2) is 0 Å². The minimum Gasteiger partial charge on any atom is -0.496 e. The zero-order chi connectivity index (χ0) is 25.1. The van der Waals surface area contributed by atoms with E-state index in [0.717, 1.165) is 26.1 Å². The highest BCUT2D eigenvalue weighted by atomic mass is 79.9. The number of amides is 4. The lowest BCUT2D eigenvalue weighted by Crippen LogP contribution is -2.54. The van der Waals surface area contributed by atoms with Gasteiger partial charge in [-0.2, -0.15) is 0 Å². The summed E-state index contributed by atoms with van der Waals surface area (Å²) < 4.78 is 6.53. The second kappa shape index (κ2) is 10.5. The van der Waals surface area contributed by atoms with Crippen molar-refractivity contribution in [1.82, 2.24) is 5.32 Å². The topological polar surface area (TPSA) is 75.7 Å². The van der Waals surface area contributed by atoms with Crippen LogP contribution >= 0.6 is 27.5 Å². The summed E-state index contributed by atoms with van der Waals surface area (Å²) in [6.07, 6.45) is 2.56. The number of ether oxygens (including phenoxy) is 1. The summed E-state index contributed by atoms with van der Waals surface area (Å²) >= 11 is 10.2. The van der Waals surface area contributed by atoms with Crippen LogP contribution in [0.15, 0.2) is 70.7 Å². The zero-order valence-corrected chi connectivity index (χ0v) is 21.4. The molecule has 1 aliphatic heterocycles. The van der Waals surface area contributed by atoms with E-state index in [4.69, 9.17) is 16.3 Å². The van der Waals surface area contributed by atoms with Crippen LogP contribution in [0.25, 0.3) is 6.08 Å². The highest BCUT2D eigenvalue weighted by molar-refractivity contribution is 9.10. The SMILES string of the molecule is CCc1ccccc1N1C(=O)NC(=O)/C(=C/c2cc(Cl)c(Cc3ccccc3Br)c(OC)c2)C1=O. The van der Waals surface area contributed by atoms with Crippen molar-refractivity contribution in [3.8, 4) is 5.75 Å². The molecule has 6 nitrogen and oxygen atoms in total. The van der Waals surface area contributed by atoms with Crippen LogP contribution in [0.4, 0.5) is 10.5 Å². The van der Waals surface area contributed by atoms with Crippen molar-refractivity contribution in [3.05, 3.63) is 98.0 Å². The molecule has 1 heterocycles. The minimum atomic E-state index is -0.780. The first kappa shape index (κ1) is 24.7. The molecule has 0 aromatic heterocycles. The molecule has 0 spiro atoms. The third-order valence-electron chi connectivity index (χ3n) is 5.75. The molecule has 0 bridgehead atoms. The monoisotopic (exact) mass is 552 g/mol. The largest absolute Gasteiger partial charge is 0.496 e. The lowest BCUT2D eigenvalue weighted by atomic mass is 10.00. The van der Waals surface area contributed by atoms with E-state index in [1.165, 1.54) is 13.2 Å². The summed E-state index contributed by atoms with van der Waals surface area (Å²) in [5.74, 6) is -0.947. The summed E-state index contributed by atoms with van der Waals surface area (Å²) in [4.78, 5) is 39.5. The summed E-state index contributed by atoms with van der Waals surface area (Å²) in [6, 6.07) is 17.5. The van der Waals surface area contributed by atoms with Crippen LogP contribution in [-0.2, 0) is 22.4 Å². The number of carbonyl (C=O) groups is 3. The van der Waals surface area contributed by atoms with E-state index < -0.39 is 17.8 Å². The van der Waals surface area contributed by atoms with Gasteiger partial charge in [-0.05, 0) is 53.5 Å². The van der Waals surface area contributed by atoms with Crippen LogP contribution in [0, 0.1) is 0 Å². The van der Waals surface area contributed by atoms with Crippen molar-refractivity contribution in [1.29, 1.82) is 0 Å². The predicted octanol–water partition coefficient (Wildman–Crippen LogP) is 5.93. The van der Waals surface area contributed by atoms with E-state index in [-0.39, 0.29) is 5.57 Å². The lowest BCUT2D eigenvalue weighted by molar-refractivity contribution is -0.122. The first-order chi connectivity index (χ1) is 16.8. The highest BCUT2D eigenvalue weighted by Crippen LogP contribution is 2.34. The minimum absolute atomic E-state index is 0.174. The van der Waals surface area contributed by atoms with E-state index in [1.807, 2.05) is 43.3 Å². The number of hydrogen-bond acceptors (Lipinski definition) is 4. The number of hydrogen-bond donors (Lipinski definition) is 1. The molecule has 1 saturated heterocycles. The molecule has 3 aromatic carbocycles. The molecule has 0 atom stereocenters. The van der Waals surface area contributed by atoms with Gasteiger partial charge in [-0.25, -0.2) is 9.69 Å². The van der Waals surface area contributed by atoms with Crippen molar-refractivity contribution in [2.75, 3.05) is 12.0 Å². The number of halogens is 2. The maximum atomic E-state index is 13.3. The lowest BCUT2D eigenvalue weighted by Gasteiger charge is -2.28. The van der Waals surface area contributed by atoms with Gasteiger partial charge in [0.1, 0.15) is 11.3 Å². The Hall–Kier alpha value is -3.42. The molecule has 0 radical (unpaired) electrons. The fourth-order valence-corrected chi connectivity index (χ4v) is 4.68. The van der Waals surface area contributed by atoms with Crippen molar-refractivity contribution >= 4 is 57.1 Å². The van der Waals surface area contributed by atoms with Crippen LogP contribution in [0.1, 0.15) is 29.2 Å². The molecule has 1 fully saturated rings. The van der Waals surface area contributed by atoms with Crippen LogP contribution in [-0.4, -0.2) is 25.0 Å².